The molecule has 0 radical (unpaired) electrons. The normalized spacial score (nSPS) is 11.0. The van der Waals surface area contributed by atoms with Gasteiger partial charge in [0.2, 0.25) is 0 Å². The molecule has 8 nitrogen and oxygen atoms in total. The maximum atomic E-state index is 13.1. The lowest BCUT2D eigenvalue weighted by Gasteiger charge is -2.09. The SMILES string of the molecule is CCCCCCCCCCCCc1ccc(C(=O)Oc2ccc(C(=O)Oc3ccc(-c4cccc(OC(=O)c5ccc(OC(=O)c6ccc(CCCCCCCCCCCC)cc6)cc5)c4)cc3)cc2)cc1. The molecule has 0 bridgehead atoms. The third kappa shape index (κ3) is 19.1. The zero-order valence-electron chi connectivity index (χ0n) is 42.7. The summed E-state index contributed by atoms with van der Waals surface area (Å²) in [5.74, 6) is -0.695. The standard InChI is InChI=1S/C64H74O8/c1-3-5-7-9-11-13-15-17-19-21-24-49-28-32-52(33-29-49)61(65)70-58-44-38-54(39-45-58)63(67)69-57-42-36-51(37-43-57)56-26-23-27-60(48-56)72-64(68)55-40-46-59(47-41-55)71-62(66)53-34-30-50(31-35-53)25-22-20-18-16-14-12-10-8-6-4-2/h23,26-48H,3-22,24-25H2,1-2H3. The predicted octanol–water partition coefficient (Wildman–Crippen LogP) is 17.2. The van der Waals surface area contributed by atoms with Gasteiger partial charge in [-0.15, -0.1) is 0 Å². The first-order chi connectivity index (χ1) is 35.3. The van der Waals surface area contributed by atoms with Crippen LogP contribution in [0.5, 0.6) is 23.0 Å². The van der Waals surface area contributed by atoms with Gasteiger partial charge in [0.25, 0.3) is 0 Å². The molecule has 6 aromatic rings. The van der Waals surface area contributed by atoms with Crippen molar-refractivity contribution in [3.63, 3.8) is 0 Å². The van der Waals surface area contributed by atoms with E-state index in [0.717, 1.165) is 36.8 Å². The summed E-state index contributed by atoms with van der Waals surface area (Å²) in [6, 6.07) is 41.8. The van der Waals surface area contributed by atoms with Gasteiger partial charge in [0.15, 0.2) is 0 Å². The molecule has 8 heteroatoms. The second-order valence-electron chi connectivity index (χ2n) is 18.9. The second-order valence-corrected chi connectivity index (χ2v) is 18.9. The molecule has 0 aliphatic carbocycles. The molecule has 6 rings (SSSR count). The van der Waals surface area contributed by atoms with Crippen LogP contribution in [-0.4, -0.2) is 23.9 Å². The van der Waals surface area contributed by atoms with E-state index in [2.05, 4.69) is 13.8 Å². The van der Waals surface area contributed by atoms with Crippen LogP contribution in [0.3, 0.4) is 0 Å². The molecule has 0 aromatic heterocycles. The topological polar surface area (TPSA) is 105 Å². The highest BCUT2D eigenvalue weighted by Crippen LogP contribution is 2.28. The molecule has 0 aliphatic rings. The van der Waals surface area contributed by atoms with Crippen molar-refractivity contribution in [2.75, 3.05) is 0 Å². The molecule has 72 heavy (non-hydrogen) atoms. The van der Waals surface area contributed by atoms with E-state index in [0.29, 0.717) is 45.3 Å². The fraction of sp³-hybridized carbons (Fsp3) is 0.375. The smallest absolute Gasteiger partial charge is 0.343 e. The van der Waals surface area contributed by atoms with Gasteiger partial charge in [-0.3, -0.25) is 0 Å². The summed E-state index contributed by atoms with van der Waals surface area (Å²) >= 11 is 0. The molecule has 6 aromatic carbocycles. The van der Waals surface area contributed by atoms with Crippen molar-refractivity contribution in [1.82, 2.24) is 0 Å². The van der Waals surface area contributed by atoms with E-state index in [9.17, 15) is 19.2 Å². The third-order valence-electron chi connectivity index (χ3n) is 13.1. The molecule has 0 amide bonds. The summed E-state index contributed by atoms with van der Waals surface area (Å²) in [4.78, 5) is 51.9. The van der Waals surface area contributed by atoms with Crippen molar-refractivity contribution >= 4 is 23.9 Å². The number of rotatable bonds is 31. The first-order valence-electron chi connectivity index (χ1n) is 26.7. The Kier molecular flexibility index (Phi) is 23.4. The highest BCUT2D eigenvalue weighted by Gasteiger charge is 2.15. The van der Waals surface area contributed by atoms with E-state index < -0.39 is 23.9 Å². The summed E-state index contributed by atoms with van der Waals surface area (Å²) in [5, 5.41) is 0. The van der Waals surface area contributed by atoms with Gasteiger partial charge in [-0.05, 0) is 145 Å². The number of hydrogen-bond acceptors (Lipinski definition) is 8. The maximum Gasteiger partial charge on any atom is 0.343 e. The number of hydrogen-bond donors (Lipinski definition) is 0. The van der Waals surface area contributed by atoms with Crippen LogP contribution in [0, 0.1) is 0 Å². The van der Waals surface area contributed by atoms with E-state index in [1.165, 1.54) is 127 Å². The summed E-state index contributed by atoms with van der Waals surface area (Å²) in [7, 11) is 0. The summed E-state index contributed by atoms with van der Waals surface area (Å²) in [6.07, 6.45) is 28.1. The highest BCUT2D eigenvalue weighted by molar-refractivity contribution is 5.94. The predicted molar refractivity (Wildman–Crippen MR) is 289 cm³/mol. The molecule has 0 atom stereocenters. The third-order valence-corrected chi connectivity index (χ3v) is 13.1. The lowest BCUT2D eigenvalue weighted by atomic mass is 10.0. The Hall–Kier alpha value is -6.80. The van der Waals surface area contributed by atoms with E-state index in [1.807, 2.05) is 42.5 Å². The molecule has 0 heterocycles. The van der Waals surface area contributed by atoms with Crippen LogP contribution in [0.4, 0.5) is 0 Å². The van der Waals surface area contributed by atoms with Crippen molar-refractivity contribution in [3.05, 3.63) is 179 Å². The molecule has 0 spiro atoms. The molecular formula is C64H74O8. The highest BCUT2D eigenvalue weighted by atomic mass is 16.5. The van der Waals surface area contributed by atoms with Crippen LogP contribution in [0.1, 0.15) is 195 Å². The van der Waals surface area contributed by atoms with Gasteiger partial charge in [0, 0.05) is 0 Å². The van der Waals surface area contributed by atoms with E-state index in [1.54, 1.807) is 103 Å². The van der Waals surface area contributed by atoms with Crippen LogP contribution in [0.2, 0.25) is 0 Å². The van der Waals surface area contributed by atoms with Gasteiger partial charge in [-0.25, -0.2) is 19.2 Å². The summed E-state index contributed by atoms with van der Waals surface area (Å²) < 4.78 is 22.5. The minimum Gasteiger partial charge on any atom is -0.423 e. The monoisotopic (exact) mass is 971 g/mol. The van der Waals surface area contributed by atoms with Gasteiger partial charge >= 0.3 is 23.9 Å². The number of unbranched alkanes of at least 4 members (excludes halogenated alkanes) is 18. The maximum absolute atomic E-state index is 13.1. The van der Waals surface area contributed by atoms with E-state index in [-0.39, 0.29) is 0 Å². The Morgan fingerprint density at radius 2 is 0.583 bits per heavy atom. The molecule has 0 N–H and O–H groups in total. The Morgan fingerprint density at radius 3 is 0.931 bits per heavy atom. The second kappa shape index (κ2) is 30.8. The molecule has 378 valence electrons. The van der Waals surface area contributed by atoms with Crippen LogP contribution in [0.25, 0.3) is 11.1 Å². The minimum atomic E-state index is -0.559. The summed E-state index contributed by atoms with van der Waals surface area (Å²) in [6.45, 7) is 4.51. The van der Waals surface area contributed by atoms with Crippen LogP contribution in [0.15, 0.2) is 146 Å². The van der Waals surface area contributed by atoms with E-state index in [4.69, 9.17) is 18.9 Å². The quantitative estimate of drug-likeness (QED) is 0.0241. The number of ether oxygens (including phenoxy) is 4. The van der Waals surface area contributed by atoms with Crippen molar-refractivity contribution in [1.29, 1.82) is 0 Å². The first-order valence-corrected chi connectivity index (χ1v) is 26.7. The van der Waals surface area contributed by atoms with Crippen LogP contribution < -0.4 is 18.9 Å². The number of carbonyl (C=O) groups excluding carboxylic acids is 4. The van der Waals surface area contributed by atoms with Gasteiger partial charge in [-0.1, -0.05) is 178 Å². The molecule has 0 aliphatic heterocycles. The van der Waals surface area contributed by atoms with Gasteiger partial charge in [-0.2, -0.15) is 0 Å². The Morgan fingerprint density at radius 1 is 0.292 bits per heavy atom. The molecule has 0 fully saturated rings. The number of benzene rings is 6. The van der Waals surface area contributed by atoms with Gasteiger partial charge in [0.05, 0.1) is 22.3 Å². The van der Waals surface area contributed by atoms with Crippen molar-refractivity contribution in [3.8, 4) is 34.1 Å². The summed E-state index contributed by atoms with van der Waals surface area (Å²) in [5.41, 5.74) is 5.57. The van der Waals surface area contributed by atoms with E-state index >= 15 is 0 Å². The number of esters is 4. The van der Waals surface area contributed by atoms with Crippen LogP contribution in [-0.2, 0) is 12.8 Å². The zero-order chi connectivity index (χ0) is 50.6. The lowest BCUT2D eigenvalue weighted by molar-refractivity contribution is 0.0720. The molecule has 0 saturated heterocycles. The minimum absolute atomic E-state index is 0.300. The lowest BCUT2D eigenvalue weighted by Crippen LogP contribution is -2.10. The molecular weight excluding hydrogens is 897 g/mol. The Balaban J connectivity index is 0.885. The van der Waals surface area contributed by atoms with Crippen LogP contribution >= 0.6 is 0 Å². The molecule has 0 unspecified atom stereocenters. The van der Waals surface area contributed by atoms with Crippen molar-refractivity contribution < 1.29 is 38.1 Å². The number of aryl methyl sites for hydroxylation is 2. The van der Waals surface area contributed by atoms with Crippen molar-refractivity contribution in [2.24, 2.45) is 0 Å². The Bertz CT molecular complexity index is 2540. The fourth-order valence-corrected chi connectivity index (χ4v) is 8.68. The first kappa shape index (κ1) is 54.5. The fourth-order valence-electron chi connectivity index (χ4n) is 8.68. The zero-order valence-corrected chi connectivity index (χ0v) is 42.7. The van der Waals surface area contributed by atoms with Crippen molar-refractivity contribution in [2.45, 2.75) is 155 Å². The Labute approximate surface area is 428 Å². The molecule has 0 saturated carbocycles. The number of carbonyl (C=O) groups is 4. The van der Waals surface area contributed by atoms with Gasteiger partial charge < -0.3 is 18.9 Å². The average molecular weight is 971 g/mol. The largest absolute Gasteiger partial charge is 0.423 e. The van der Waals surface area contributed by atoms with Gasteiger partial charge in [0.1, 0.15) is 23.0 Å². The average Bonchev–Trinajstić information content (AvgIpc) is 3.40.